The Morgan fingerprint density at radius 2 is 1.92 bits per heavy atom. The van der Waals surface area contributed by atoms with Gasteiger partial charge in [-0.1, -0.05) is 6.07 Å². The van der Waals surface area contributed by atoms with E-state index in [1.165, 1.54) is 11.1 Å². The van der Waals surface area contributed by atoms with E-state index in [0.717, 1.165) is 11.3 Å². The number of rotatable bonds is 2. The van der Waals surface area contributed by atoms with E-state index in [2.05, 4.69) is 19.9 Å². The SMILES string of the molecule is COc1cc(C)cc(C)c1C(C)N. The third-order valence-electron chi connectivity index (χ3n) is 2.17. The molecule has 1 rings (SSSR count). The first-order chi connectivity index (χ1) is 6.06. The minimum absolute atomic E-state index is 0.0237. The van der Waals surface area contributed by atoms with Gasteiger partial charge in [-0.2, -0.15) is 0 Å². The van der Waals surface area contributed by atoms with Crippen LogP contribution in [0.25, 0.3) is 0 Å². The highest BCUT2D eigenvalue weighted by molar-refractivity contribution is 5.44. The molecular weight excluding hydrogens is 162 g/mol. The molecule has 2 heteroatoms. The lowest BCUT2D eigenvalue weighted by Crippen LogP contribution is -2.09. The van der Waals surface area contributed by atoms with Gasteiger partial charge in [0.15, 0.2) is 0 Å². The highest BCUT2D eigenvalue weighted by atomic mass is 16.5. The van der Waals surface area contributed by atoms with E-state index in [1.807, 2.05) is 13.0 Å². The first kappa shape index (κ1) is 10.1. The summed E-state index contributed by atoms with van der Waals surface area (Å²) in [6.07, 6.45) is 0. The average molecular weight is 179 g/mol. The van der Waals surface area contributed by atoms with Crippen LogP contribution in [-0.2, 0) is 0 Å². The van der Waals surface area contributed by atoms with Crippen LogP contribution in [0.4, 0.5) is 0 Å². The zero-order chi connectivity index (χ0) is 10.0. The minimum atomic E-state index is 0.0237. The smallest absolute Gasteiger partial charge is 0.124 e. The molecule has 0 spiro atoms. The second kappa shape index (κ2) is 3.79. The van der Waals surface area contributed by atoms with E-state index in [0.29, 0.717) is 0 Å². The van der Waals surface area contributed by atoms with Crippen molar-refractivity contribution >= 4 is 0 Å². The van der Waals surface area contributed by atoms with Gasteiger partial charge in [-0.25, -0.2) is 0 Å². The van der Waals surface area contributed by atoms with E-state index in [1.54, 1.807) is 7.11 Å². The Hall–Kier alpha value is -1.02. The van der Waals surface area contributed by atoms with Gasteiger partial charge in [0.05, 0.1) is 7.11 Å². The fourth-order valence-electron chi connectivity index (χ4n) is 1.69. The largest absolute Gasteiger partial charge is 0.496 e. The monoisotopic (exact) mass is 179 g/mol. The highest BCUT2D eigenvalue weighted by Gasteiger charge is 2.10. The molecule has 0 heterocycles. The molecule has 0 aliphatic carbocycles. The second-order valence-corrected chi connectivity index (χ2v) is 3.49. The Balaban J connectivity index is 3.30. The molecule has 0 aliphatic rings. The predicted molar refractivity (Wildman–Crippen MR) is 55.1 cm³/mol. The van der Waals surface area contributed by atoms with Crippen LogP contribution in [0.1, 0.15) is 29.7 Å². The summed E-state index contributed by atoms with van der Waals surface area (Å²) >= 11 is 0. The Labute approximate surface area is 79.7 Å². The highest BCUT2D eigenvalue weighted by Crippen LogP contribution is 2.28. The molecular formula is C11H17NO. The van der Waals surface area contributed by atoms with Crippen molar-refractivity contribution in [2.75, 3.05) is 7.11 Å². The van der Waals surface area contributed by atoms with Gasteiger partial charge in [-0.3, -0.25) is 0 Å². The van der Waals surface area contributed by atoms with Crippen molar-refractivity contribution < 1.29 is 4.74 Å². The van der Waals surface area contributed by atoms with Crippen molar-refractivity contribution in [1.82, 2.24) is 0 Å². The van der Waals surface area contributed by atoms with Crippen molar-refractivity contribution in [3.63, 3.8) is 0 Å². The van der Waals surface area contributed by atoms with Crippen LogP contribution in [-0.4, -0.2) is 7.11 Å². The number of ether oxygens (including phenoxy) is 1. The van der Waals surface area contributed by atoms with E-state index in [9.17, 15) is 0 Å². The number of nitrogens with two attached hydrogens (primary N) is 1. The molecule has 0 fully saturated rings. The molecule has 0 radical (unpaired) electrons. The van der Waals surface area contributed by atoms with E-state index >= 15 is 0 Å². The van der Waals surface area contributed by atoms with Gasteiger partial charge in [0.25, 0.3) is 0 Å². The fourth-order valence-corrected chi connectivity index (χ4v) is 1.69. The van der Waals surface area contributed by atoms with E-state index < -0.39 is 0 Å². The van der Waals surface area contributed by atoms with Gasteiger partial charge in [-0.15, -0.1) is 0 Å². The maximum atomic E-state index is 5.86. The van der Waals surface area contributed by atoms with Crippen LogP contribution < -0.4 is 10.5 Å². The molecule has 0 aliphatic heterocycles. The third kappa shape index (κ3) is 2.01. The summed E-state index contributed by atoms with van der Waals surface area (Å²) in [5.41, 5.74) is 9.37. The number of hydrogen-bond donors (Lipinski definition) is 1. The number of aryl methyl sites for hydroxylation is 2. The molecule has 0 saturated carbocycles. The lowest BCUT2D eigenvalue weighted by molar-refractivity contribution is 0.406. The maximum Gasteiger partial charge on any atom is 0.124 e. The van der Waals surface area contributed by atoms with Crippen LogP contribution in [0.2, 0.25) is 0 Å². The second-order valence-electron chi connectivity index (χ2n) is 3.49. The van der Waals surface area contributed by atoms with Crippen LogP contribution in [0, 0.1) is 13.8 Å². The van der Waals surface area contributed by atoms with E-state index in [4.69, 9.17) is 10.5 Å². The standard InChI is InChI=1S/C11H17NO/c1-7-5-8(2)11(9(3)12)10(6-7)13-4/h5-6,9H,12H2,1-4H3. The molecule has 13 heavy (non-hydrogen) atoms. The summed E-state index contributed by atoms with van der Waals surface area (Å²) in [6.45, 7) is 6.09. The Kier molecular flexibility index (Phi) is 2.94. The first-order valence-electron chi connectivity index (χ1n) is 4.47. The average Bonchev–Trinajstić information content (AvgIpc) is 2.01. The minimum Gasteiger partial charge on any atom is -0.496 e. The molecule has 72 valence electrons. The lowest BCUT2D eigenvalue weighted by atomic mass is 9.99. The van der Waals surface area contributed by atoms with Crippen LogP contribution in [0.15, 0.2) is 12.1 Å². The van der Waals surface area contributed by atoms with Crippen molar-refractivity contribution in [3.05, 3.63) is 28.8 Å². The van der Waals surface area contributed by atoms with Gasteiger partial charge < -0.3 is 10.5 Å². The van der Waals surface area contributed by atoms with Crippen LogP contribution >= 0.6 is 0 Å². The Bertz CT molecular complexity index is 305. The zero-order valence-corrected chi connectivity index (χ0v) is 8.72. The lowest BCUT2D eigenvalue weighted by Gasteiger charge is -2.15. The maximum absolute atomic E-state index is 5.86. The Morgan fingerprint density at radius 1 is 1.31 bits per heavy atom. The number of methoxy groups -OCH3 is 1. The first-order valence-corrected chi connectivity index (χ1v) is 4.47. The summed E-state index contributed by atoms with van der Waals surface area (Å²) in [5.74, 6) is 0.896. The molecule has 2 nitrogen and oxygen atoms in total. The predicted octanol–water partition coefficient (Wildman–Crippen LogP) is 2.33. The molecule has 0 saturated heterocycles. The van der Waals surface area contributed by atoms with E-state index in [-0.39, 0.29) is 6.04 Å². The molecule has 0 amide bonds. The fraction of sp³-hybridized carbons (Fsp3) is 0.455. The quantitative estimate of drug-likeness (QED) is 0.756. The molecule has 0 bridgehead atoms. The summed E-state index contributed by atoms with van der Waals surface area (Å²) in [7, 11) is 1.68. The molecule has 1 unspecified atom stereocenters. The summed E-state index contributed by atoms with van der Waals surface area (Å²) in [5, 5.41) is 0. The number of benzene rings is 1. The summed E-state index contributed by atoms with van der Waals surface area (Å²) in [6, 6.07) is 4.17. The zero-order valence-electron chi connectivity index (χ0n) is 8.72. The van der Waals surface area contributed by atoms with Gasteiger partial charge in [0.2, 0.25) is 0 Å². The van der Waals surface area contributed by atoms with Crippen molar-refractivity contribution in [2.24, 2.45) is 5.73 Å². The van der Waals surface area contributed by atoms with Gasteiger partial charge >= 0.3 is 0 Å². The van der Waals surface area contributed by atoms with Gasteiger partial charge in [0.1, 0.15) is 5.75 Å². The van der Waals surface area contributed by atoms with Gasteiger partial charge in [-0.05, 0) is 38.0 Å². The molecule has 0 aromatic heterocycles. The van der Waals surface area contributed by atoms with Gasteiger partial charge in [0, 0.05) is 11.6 Å². The normalized spacial score (nSPS) is 12.7. The third-order valence-corrected chi connectivity index (χ3v) is 2.17. The van der Waals surface area contributed by atoms with Crippen molar-refractivity contribution in [2.45, 2.75) is 26.8 Å². The number of hydrogen-bond acceptors (Lipinski definition) is 2. The Morgan fingerprint density at radius 3 is 2.38 bits per heavy atom. The molecule has 1 aromatic carbocycles. The summed E-state index contributed by atoms with van der Waals surface area (Å²) < 4.78 is 5.29. The van der Waals surface area contributed by atoms with Crippen molar-refractivity contribution in [3.8, 4) is 5.75 Å². The van der Waals surface area contributed by atoms with Crippen LogP contribution in [0.5, 0.6) is 5.75 Å². The molecule has 2 N–H and O–H groups in total. The van der Waals surface area contributed by atoms with Crippen LogP contribution in [0.3, 0.4) is 0 Å². The molecule has 1 aromatic rings. The summed E-state index contributed by atoms with van der Waals surface area (Å²) in [4.78, 5) is 0. The van der Waals surface area contributed by atoms with Crippen molar-refractivity contribution in [1.29, 1.82) is 0 Å². The molecule has 1 atom stereocenters. The topological polar surface area (TPSA) is 35.2 Å².